The van der Waals surface area contributed by atoms with Crippen molar-refractivity contribution in [3.05, 3.63) is 31.0 Å². The van der Waals surface area contributed by atoms with Crippen molar-refractivity contribution in [2.24, 2.45) is 0 Å². The SMILES string of the molecule is C=CCCOc1cc(N)ccn1. The van der Waals surface area contributed by atoms with Crippen molar-refractivity contribution in [3.8, 4) is 5.88 Å². The molecule has 0 saturated carbocycles. The highest BCUT2D eigenvalue weighted by atomic mass is 16.5. The summed E-state index contributed by atoms with van der Waals surface area (Å²) in [6.07, 6.45) is 4.24. The molecule has 1 rings (SSSR count). The normalized spacial score (nSPS) is 9.33. The minimum Gasteiger partial charge on any atom is -0.477 e. The Hall–Kier alpha value is -1.51. The second-order valence-corrected chi connectivity index (χ2v) is 2.35. The van der Waals surface area contributed by atoms with Crippen LogP contribution in [0.2, 0.25) is 0 Å². The minimum atomic E-state index is 0.567. The smallest absolute Gasteiger partial charge is 0.215 e. The summed E-state index contributed by atoms with van der Waals surface area (Å²) in [7, 11) is 0. The van der Waals surface area contributed by atoms with E-state index in [9.17, 15) is 0 Å². The van der Waals surface area contributed by atoms with E-state index in [-0.39, 0.29) is 0 Å². The lowest BCUT2D eigenvalue weighted by atomic mass is 10.4. The van der Waals surface area contributed by atoms with Crippen molar-refractivity contribution >= 4 is 5.69 Å². The predicted molar refractivity (Wildman–Crippen MR) is 49.0 cm³/mol. The molecule has 0 fully saturated rings. The predicted octanol–water partition coefficient (Wildman–Crippen LogP) is 1.62. The van der Waals surface area contributed by atoms with Gasteiger partial charge in [0.05, 0.1) is 6.61 Å². The van der Waals surface area contributed by atoms with Gasteiger partial charge in [0, 0.05) is 18.0 Å². The van der Waals surface area contributed by atoms with Crippen molar-refractivity contribution in [2.75, 3.05) is 12.3 Å². The molecule has 1 aromatic heterocycles. The van der Waals surface area contributed by atoms with E-state index in [0.29, 0.717) is 18.2 Å². The van der Waals surface area contributed by atoms with Gasteiger partial charge in [0.2, 0.25) is 5.88 Å². The van der Waals surface area contributed by atoms with Gasteiger partial charge in [-0.3, -0.25) is 0 Å². The summed E-state index contributed by atoms with van der Waals surface area (Å²) in [5.74, 6) is 0.567. The third-order valence-corrected chi connectivity index (χ3v) is 1.33. The van der Waals surface area contributed by atoms with Crippen molar-refractivity contribution in [1.82, 2.24) is 4.98 Å². The van der Waals surface area contributed by atoms with Gasteiger partial charge in [-0.15, -0.1) is 6.58 Å². The van der Waals surface area contributed by atoms with Crippen LogP contribution in [0.3, 0.4) is 0 Å². The summed E-state index contributed by atoms with van der Waals surface area (Å²) >= 11 is 0. The Morgan fingerprint density at radius 3 is 3.17 bits per heavy atom. The van der Waals surface area contributed by atoms with Crippen LogP contribution in [-0.4, -0.2) is 11.6 Å². The molecule has 3 heteroatoms. The molecule has 2 N–H and O–H groups in total. The molecular weight excluding hydrogens is 152 g/mol. The molecule has 0 saturated heterocycles. The van der Waals surface area contributed by atoms with E-state index < -0.39 is 0 Å². The molecule has 0 aromatic carbocycles. The molecule has 0 radical (unpaired) electrons. The second kappa shape index (κ2) is 4.38. The van der Waals surface area contributed by atoms with E-state index in [1.165, 1.54) is 0 Å². The number of anilines is 1. The Kier molecular flexibility index (Phi) is 3.14. The maximum absolute atomic E-state index is 5.52. The van der Waals surface area contributed by atoms with Crippen LogP contribution in [0.15, 0.2) is 31.0 Å². The van der Waals surface area contributed by atoms with Gasteiger partial charge in [0.15, 0.2) is 0 Å². The van der Waals surface area contributed by atoms with Crippen molar-refractivity contribution < 1.29 is 4.74 Å². The molecule has 0 aliphatic rings. The number of rotatable bonds is 4. The maximum atomic E-state index is 5.52. The van der Waals surface area contributed by atoms with E-state index in [1.54, 1.807) is 24.4 Å². The Morgan fingerprint density at radius 2 is 2.50 bits per heavy atom. The zero-order chi connectivity index (χ0) is 8.81. The number of hydrogen-bond donors (Lipinski definition) is 1. The summed E-state index contributed by atoms with van der Waals surface area (Å²) in [4.78, 5) is 3.97. The van der Waals surface area contributed by atoms with Gasteiger partial charge in [-0.2, -0.15) is 0 Å². The Morgan fingerprint density at radius 1 is 1.67 bits per heavy atom. The lowest BCUT2D eigenvalue weighted by Gasteiger charge is -2.02. The van der Waals surface area contributed by atoms with Crippen LogP contribution in [0.4, 0.5) is 5.69 Å². The van der Waals surface area contributed by atoms with Crippen LogP contribution in [0.25, 0.3) is 0 Å². The molecule has 12 heavy (non-hydrogen) atoms. The highest BCUT2D eigenvalue weighted by Crippen LogP contribution is 2.10. The van der Waals surface area contributed by atoms with E-state index >= 15 is 0 Å². The Balaban J connectivity index is 2.46. The van der Waals surface area contributed by atoms with Gasteiger partial charge in [0.25, 0.3) is 0 Å². The molecule has 0 atom stereocenters. The maximum Gasteiger partial charge on any atom is 0.215 e. The zero-order valence-corrected chi connectivity index (χ0v) is 6.86. The van der Waals surface area contributed by atoms with Crippen LogP contribution >= 0.6 is 0 Å². The van der Waals surface area contributed by atoms with Gasteiger partial charge < -0.3 is 10.5 Å². The fourth-order valence-corrected chi connectivity index (χ4v) is 0.751. The lowest BCUT2D eigenvalue weighted by molar-refractivity contribution is 0.312. The first kappa shape index (κ1) is 8.59. The first-order chi connectivity index (χ1) is 5.83. The fourth-order valence-electron chi connectivity index (χ4n) is 0.751. The summed E-state index contributed by atoms with van der Waals surface area (Å²) in [6.45, 7) is 4.18. The van der Waals surface area contributed by atoms with Gasteiger partial charge in [0.1, 0.15) is 0 Å². The molecule has 1 heterocycles. The molecule has 0 unspecified atom stereocenters. The third kappa shape index (κ3) is 2.62. The van der Waals surface area contributed by atoms with Gasteiger partial charge >= 0.3 is 0 Å². The average Bonchev–Trinajstić information content (AvgIpc) is 2.05. The van der Waals surface area contributed by atoms with Gasteiger partial charge in [-0.05, 0) is 12.5 Å². The lowest BCUT2D eigenvalue weighted by Crippen LogP contribution is -1.98. The number of aromatic nitrogens is 1. The highest BCUT2D eigenvalue weighted by molar-refractivity contribution is 5.39. The van der Waals surface area contributed by atoms with Gasteiger partial charge in [-0.1, -0.05) is 6.08 Å². The quantitative estimate of drug-likeness (QED) is 0.543. The summed E-state index contributed by atoms with van der Waals surface area (Å²) in [5.41, 5.74) is 6.19. The first-order valence-corrected chi connectivity index (χ1v) is 3.78. The fraction of sp³-hybridized carbons (Fsp3) is 0.222. The molecule has 0 aliphatic carbocycles. The summed E-state index contributed by atoms with van der Waals surface area (Å²) in [6, 6.07) is 3.42. The second-order valence-electron chi connectivity index (χ2n) is 2.35. The summed E-state index contributed by atoms with van der Waals surface area (Å²) < 4.78 is 5.26. The van der Waals surface area contributed by atoms with E-state index in [0.717, 1.165) is 6.42 Å². The largest absolute Gasteiger partial charge is 0.477 e. The Bertz CT molecular complexity index is 260. The van der Waals surface area contributed by atoms with E-state index in [4.69, 9.17) is 10.5 Å². The molecule has 0 spiro atoms. The van der Waals surface area contributed by atoms with Crippen LogP contribution in [-0.2, 0) is 0 Å². The van der Waals surface area contributed by atoms with Crippen molar-refractivity contribution in [1.29, 1.82) is 0 Å². The molecule has 1 aromatic rings. The minimum absolute atomic E-state index is 0.567. The summed E-state index contributed by atoms with van der Waals surface area (Å²) in [5, 5.41) is 0. The Labute approximate surface area is 71.9 Å². The molecule has 0 bridgehead atoms. The number of hydrogen-bond acceptors (Lipinski definition) is 3. The third-order valence-electron chi connectivity index (χ3n) is 1.33. The molecular formula is C9H12N2O. The number of ether oxygens (including phenoxy) is 1. The van der Waals surface area contributed by atoms with Crippen LogP contribution in [0.5, 0.6) is 5.88 Å². The number of pyridine rings is 1. The number of nitrogens with zero attached hydrogens (tertiary/aromatic N) is 1. The standard InChI is InChI=1S/C9H12N2O/c1-2-3-6-12-9-7-8(10)4-5-11-9/h2,4-5,7H,1,3,6H2,(H2,10,11). The van der Waals surface area contributed by atoms with Crippen LogP contribution in [0.1, 0.15) is 6.42 Å². The topological polar surface area (TPSA) is 48.1 Å². The van der Waals surface area contributed by atoms with Crippen molar-refractivity contribution in [2.45, 2.75) is 6.42 Å². The monoisotopic (exact) mass is 164 g/mol. The van der Waals surface area contributed by atoms with Crippen molar-refractivity contribution in [3.63, 3.8) is 0 Å². The van der Waals surface area contributed by atoms with E-state index in [2.05, 4.69) is 11.6 Å². The number of nitrogens with two attached hydrogens (primary N) is 1. The van der Waals surface area contributed by atoms with Crippen LogP contribution < -0.4 is 10.5 Å². The average molecular weight is 164 g/mol. The number of nitrogen functional groups attached to an aromatic ring is 1. The van der Waals surface area contributed by atoms with Crippen LogP contribution in [0, 0.1) is 0 Å². The molecule has 0 amide bonds. The molecule has 0 aliphatic heterocycles. The van der Waals surface area contributed by atoms with E-state index in [1.807, 2.05) is 0 Å². The molecule has 3 nitrogen and oxygen atoms in total. The highest BCUT2D eigenvalue weighted by Gasteiger charge is 1.93. The zero-order valence-electron chi connectivity index (χ0n) is 6.86. The van der Waals surface area contributed by atoms with Gasteiger partial charge in [-0.25, -0.2) is 4.98 Å². The first-order valence-electron chi connectivity index (χ1n) is 3.78. The molecule has 64 valence electrons.